The SMILES string of the molecule is CCCN(Cc1ccc(C)cc1)C(=O)CCC1CCNC1. The molecule has 0 saturated carbocycles. The highest BCUT2D eigenvalue weighted by molar-refractivity contribution is 5.76. The third-order valence-corrected chi connectivity index (χ3v) is 4.27. The van der Waals surface area contributed by atoms with E-state index < -0.39 is 0 Å². The second kappa shape index (κ2) is 8.18. The van der Waals surface area contributed by atoms with Gasteiger partial charge in [0.2, 0.25) is 5.91 Å². The van der Waals surface area contributed by atoms with Crippen molar-refractivity contribution in [1.82, 2.24) is 10.2 Å². The molecule has 0 bridgehead atoms. The number of hydrogen-bond acceptors (Lipinski definition) is 2. The van der Waals surface area contributed by atoms with Crippen LogP contribution in [0.3, 0.4) is 0 Å². The molecule has 0 aromatic heterocycles. The molecule has 1 N–H and O–H groups in total. The number of amides is 1. The Kier molecular flexibility index (Phi) is 6.24. The lowest BCUT2D eigenvalue weighted by Crippen LogP contribution is -2.31. The third-order valence-electron chi connectivity index (χ3n) is 4.27. The summed E-state index contributed by atoms with van der Waals surface area (Å²) in [6.07, 6.45) is 3.96. The summed E-state index contributed by atoms with van der Waals surface area (Å²) in [5.41, 5.74) is 2.49. The molecule has 1 aromatic carbocycles. The lowest BCUT2D eigenvalue weighted by atomic mass is 10.0. The van der Waals surface area contributed by atoms with Gasteiger partial charge in [0, 0.05) is 19.5 Å². The molecule has 1 atom stereocenters. The molecule has 3 nitrogen and oxygen atoms in total. The van der Waals surface area contributed by atoms with E-state index >= 15 is 0 Å². The van der Waals surface area contributed by atoms with Crippen LogP contribution in [0.5, 0.6) is 0 Å². The average molecular weight is 288 g/mol. The van der Waals surface area contributed by atoms with Crippen LogP contribution in [0.15, 0.2) is 24.3 Å². The minimum absolute atomic E-state index is 0.310. The van der Waals surface area contributed by atoms with E-state index in [0.29, 0.717) is 18.2 Å². The smallest absolute Gasteiger partial charge is 0.222 e. The van der Waals surface area contributed by atoms with Crippen LogP contribution in [0.4, 0.5) is 0 Å². The quantitative estimate of drug-likeness (QED) is 0.836. The van der Waals surface area contributed by atoms with Gasteiger partial charge in [0.25, 0.3) is 0 Å². The van der Waals surface area contributed by atoms with Gasteiger partial charge in [-0.25, -0.2) is 0 Å². The first-order chi connectivity index (χ1) is 10.2. The van der Waals surface area contributed by atoms with Gasteiger partial charge in [-0.1, -0.05) is 36.8 Å². The Bertz CT molecular complexity index is 435. The van der Waals surface area contributed by atoms with Gasteiger partial charge in [0.1, 0.15) is 0 Å². The van der Waals surface area contributed by atoms with E-state index in [9.17, 15) is 4.79 Å². The van der Waals surface area contributed by atoms with Crippen LogP contribution >= 0.6 is 0 Å². The van der Waals surface area contributed by atoms with Gasteiger partial charge in [-0.3, -0.25) is 4.79 Å². The molecule has 1 fully saturated rings. The van der Waals surface area contributed by atoms with E-state index in [4.69, 9.17) is 0 Å². The maximum Gasteiger partial charge on any atom is 0.222 e. The van der Waals surface area contributed by atoms with Crippen LogP contribution in [-0.2, 0) is 11.3 Å². The highest BCUT2D eigenvalue weighted by Crippen LogP contribution is 2.16. The minimum atomic E-state index is 0.310. The topological polar surface area (TPSA) is 32.3 Å². The predicted octanol–water partition coefficient (Wildman–Crippen LogP) is 3.12. The van der Waals surface area contributed by atoms with Gasteiger partial charge in [0.15, 0.2) is 0 Å². The van der Waals surface area contributed by atoms with Crippen molar-refractivity contribution in [1.29, 1.82) is 0 Å². The number of carbonyl (C=O) groups is 1. The molecule has 0 radical (unpaired) electrons. The molecular weight excluding hydrogens is 260 g/mol. The fraction of sp³-hybridized carbons (Fsp3) is 0.611. The summed E-state index contributed by atoms with van der Waals surface area (Å²) in [6.45, 7) is 8.02. The van der Waals surface area contributed by atoms with Gasteiger partial charge in [-0.2, -0.15) is 0 Å². The first-order valence-electron chi connectivity index (χ1n) is 8.23. The number of nitrogens with one attached hydrogen (secondary N) is 1. The van der Waals surface area contributed by atoms with Gasteiger partial charge in [-0.15, -0.1) is 0 Å². The van der Waals surface area contributed by atoms with Crippen molar-refractivity contribution in [2.45, 2.75) is 46.1 Å². The number of hydrogen-bond donors (Lipinski definition) is 1. The zero-order valence-electron chi connectivity index (χ0n) is 13.4. The summed E-state index contributed by atoms with van der Waals surface area (Å²) < 4.78 is 0. The molecule has 2 rings (SSSR count). The van der Waals surface area contributed by atoms with Gasteiger partial charge in [0.05, 0.1) is 0 Å². The Morgan fingerprint density at radius 2 is 2.10 bits per heavy atom. The molecule has 1 saturated heterocycles. The van der Waals surface area contributed by atoms with E-state index in [1.54, 1.807) is 0 Å². The van der Waals surface area contributed by atoms with Crippen molar-refractivity contribution in [3.8, 4) is 0 Å². The molecule has 1 aliphatic heterocycles. The van der Waals surface area contributed by atoms with E-state index in [-0.39, 0.29) is 0 Å². The lowest BCUT2D eigenvalue weighted by Gasteiger charge is -2.23. The molecule has 1 aromatic rings. The van der Waals surface area contributed by atoms with Crippen LogP contribution in [-0.4, -0.2) is 30.4 Å². The van der Waals surface area contributed by atoms with E-state index in [1.807, 2.05) is 4.90 Å². The Balaban J connectivity index is 1.87. The number of carbonyl (C=O) groups excluding carboxylic acids is 1. The molecule has 0 spiro atoms. The van der Waals surface area contributed by atoms with E-state index in [0.717, 1.165) is 39.0 Å². The largest absolute Gasteiger partial charge is 0.338 e. The summed E-state index contributed by atoms with van der Waals surface area (Å²) in [5, 5.41) is 3.37. The van der Waals surface area contributed by atoms with Crippen molar-refractivity contribution in [2.75, 3.05) is 19.6 Å². The molecule has 1 aliphatic rings. The van der Waals surface area contributed by atoms with Gasteiger partial charge >= 0.3 is 0 Å². The zero-order chi connectivity index (χ0) is 15.1. The molecular formula is C18H28N2O. The second-order valence-corrected chi connectivity index (χ2v) is 6.20. The first-order valence-corrected chi connectivity index (χ1v) is 8.23. The summed E-state index contributed by atoms with van der Waals surface area (Å²) >= 11 is 0. The summed E-state index contributed by atoms with van der Waals surface area (Å²) in [7, 11) is 0. The van der Waals surface area contributed by atoms with Crippen molar-refractivity contribution in [3.63, 3.8) is 0 Å². The summed E-state index contributed by atoms with van der Waals surface area (Å²) in [6, 6.07) is 8.50. The molecule has 1 heterocycles. The van der Waals surface area contributed by atoms with Crippen LogP contribution in [0.25, 0.3) is 0 Å². The fourth-order valence-corrected chi connectivity index (χ4v) is 2.92. The predicted molar refractivity (Wildman–Crippen MR) is 87.1 cm³/mol. The molecule has 3 heteroatoms. The number of nitrogens with zero attached hydrogens (tertiary/aromatic N) is 1. The van der Waals surface area contributed by atoms with E-state index in [2.05, 4.69) is 43.4 Å². The average Bonchev–Trinajstić information content (AvgIpc) is 3.00. The Labute approximate surface area is 128 Å². The number of benzene rings is 1. The van der Waals surface area contributed by atoms with Crippen LogP contribution < -0.4 is 5.32 Å². The third kappa shape index (κ3) is 5.16. The minimum Gasteiger partial charge on any atom is -0.338 e. The second-order valence-electron chi connectivity index (χ2n) is 6.20. The lowest BCUT2D eigenvalue weighted by molar-refractivity contribution is -0.132. The van der Waals surface area contributed by atoms with Crippen molar-refractivity contribution in [3.05, 3.63) is 35.4 Å². The molecule has 1 amide bonds. The van der Waals surface area contributed by atoms with Crippen molar-refractivity contribution >= 4 is 5.91 Å². The maximum absolute atomic E-state index is 12.5. The van der Waals surface area contributed by atoms with Gasteiger partial charge in [-0.05, 0) is 50.8 Å². The number of rotatable bonds is 7. The Morgan fingerprint density at radius 1 is 1.33 bits per heavy atom. The fourth-order valence-electron chi connectivity index (χ4n) is 2.92. The van der Waals surface area contributed by atoms with Crippen LogP contribution in [0.1, 0.15) is 43.7 Å². The normalized spacial score (nSPS) is 17.9. The van der Waals surface area contributed by atoms with Crippen LogP contribution in [0, 0.1) is 12.8 Å². The zero-order valence-corrected chi connectivity index (χ0v) is 13.4. The highest BCUT2D eigenvalue weighted by Gasteiger charge is 2.18. The monoisotopic (exact) mass is 288 g/mol. The first kappa shape index (κ1) is 16.0. The Hall–Kier alpha value is -1.35. The number of aryl methyl sites for hydroxylation is 1. The summed E-state index contributed by atoms with van der Waals surface area (Å²) in [4.78, 5) is 14.5. The van der Waals surface area contributed by atoms with E-state index in [1.165, 1.54) is 17.5 Å². The standard InChI is InChI=1S/C18H28N2O/c1-3-12-20(14-17-6-4-15(2)5-7-17)18(21)9-8-16-10-11-19-13-16/h4-7,16,19H,3,8-14H2,1-2H3. The molecule has 0 aliphatic carbocycles. The van der Waals surface area contributed by atoms with Gasteiger partial charge < -0.3 is 10.2 Å². The molecule has 21 heavy (non-hydrogen) atoms. The molecule has 116 valence electrons. The summed E-state index contributed by atoms with van der Waals surface area (Å²) in [5.74, 6) is 1.00. The van der Waals surface area contributed by atoms with Crippen LogP contribution in [0.2, 0.25) is 0 Å². The van der Waals surface area contributed by atoms with Crippen molar-refractivity contribution in [2.24, 2.45) is 5.92 Å². The Morgan fingerprint density at radius 3 is 2.71 bits per heavy atom. The molecule has 1 unspecified atom stereocenters. The maximum atomic E-state index is 12.5. The highest BCUT2D eigenvalue weighted by atomic mass is 16.2. The van der Waals surface area contributed by atoms with Crippen molar-refractivity contribution < 1.29 is 4.79 Å².